The number of ether oxygens (including phenoxy) is 2. The number of likely N-dealkylation sites (tertiary alicyclic amines) is 1. The van der Waals surface area contributed by atoms with Gasteiger partial charge in [-0.15, -0.1) is 13.2 Å². The van der Waals surface area contributed by atoms with Crippen molar-refractivity contribution in [2.75, 3.05) is 18.8 Å². The molecule has 0 saturated carbocycles. The molecule has 14 heteroatoms. The summed E-state index contributed by atoms with van der Waals surface area (Å²) in [7, 11) is 0. The van der Waals surface area contributed by atoms with E-state index in [1.54, 1.807) is 21.8 Å². The second-order valence-electron chi connectivity index (χ2n) is 10.9. The molecular formula is C27H34F3N7O4. The predicted octanol–water partition coefficient (Wildman–Crippen LogP) is 4.73. The van der Waals surface area contributed by atoms with Crippen molar-refractivity contribution in [2.45, 2.75) is 71.0 Å². The van der Waals surface area contributed by atoms with Crippen LogP contribution in [0.2, 0.25) is 0 Å². The zero-order chi connectivity index (χ0) is 29.9. The molecular weight excluding hydrogens is 543 g/mol. The minimum atomic E-state index is -4.84. The van der Waals surface area contributed by atoms with Crippen molar-refractivity contribution >= 4 is 17.8 Å². The van der Waals surface area contributed by atoms with Crippen LogP contribution in [0.3, 0.4) is 0 Å². The average Bonchev–Trinajstić information content (AvgIpc) is 3.42. The van der Waals surface area contributed by atoms with E-state index in [2.05, 4.69) is 14.9 Å². The van der Waals surface area contributed by atoms with Gasteiger partial charge in [0.25, 0.3) is 5.91 Å². The Labute approximate surface area is 235 Å². The Morgan fingerprint density at radius 3 is 2.37 bits per heavy atom. The van der Waals surface area contributed by atoms with Crippen molar-refractivity contribution in [1.29, 1.82) is 0 Å². The molecule has 0 radical (unpaired) electrons. The first-order chi connectivity index (χ1) is 19.2. The number of nitrogens with zero attached hydrogens (tertiary/aromatic N) is 5. The Morgan fingerprint density at radius 1 is 1.10 bits per heavy atom. The number of amides is 2. The number of carbonyl (C=O) groups excluding carboxylic acids is 2. The van der Waals surface area contributed by atoms with Gasteiger partial charge < -0.3 is 25.8 Å². The molecule has 1 saturated heterocycles. The first kappa shape index (κ1) is 29.7. The van der Waals surface area contributed by atoms with Crippen molar-refractivity contribution in [3.63, 3.8) is 0 Å². The lowest BCUT2D eigenvalue weighted by Crippen LogP contribution is -2.39. The Morgan fingerprint density at radius 2 is 1.76 bits per heavy atom. The van der Waals surface area contributed by atoms with Crippen LogP contribution in [0.15, 0.2) is 36.7 Å². The molecule has 0 bridgehead atoms. The van der Waals surface area contributed by atoms with Gasteiger partial charge in [0.2, 0.25) is 0 Å². The standard InChI is InChI=1S/C27H34F3N7O4/c1-26(2,3)41-25(39)35-12-6-9-19(10-7-13-35)37-23(31)21(24(32)38)22(34-37)18-14-33-36(16-18)15-17-8-4-5-11-20(17)40-27(28,29)30/h4-5,8,11,14,16,19H,6-7,9-10,12-13,15,31H2,1-3H3,(H2,32,38). The lowest BCUT2D eigenvalue weighted by molar-refractivity contribution is -0.274. The quantitative estimate of drug-likeness (QED) is 0.431. The number of benzene rings is 1. The molecule has 1 aliphatic rings. The fourth-order valence-electron chi connectivity index (χ4n) is 4.82. The van der Waals surface area contributed by atoms with Gasteiger partial charge in [-0.2, -0.15) is 10.2 Å². The number of nitrogen functional groups attached to an aromatic ring is 1. The van der Waals surface area contributed by atoms with Gasteiger partial charge >= 0.3 is 12.5 Å². The third-order valence-corrected chi connectivity index (χ3v) is 6.56. The highest BCUT2D eigenvalue weighted by molar-refractivity contribution is 6.03. The Hall–Kier alpha value is -4.23. The fourth-order valence-corrected chi connectivity index (χ4v) is 4.82. The lowest BCUT2D eigenvalue weighted by atomic mass is 10.0. The van der Waals surface area contributed by atoms with Crippen LogP contribution in [0.5, 0.6) is 5.75 Å². The third-order valence-electron chi connectivity index (χ3n) is 6.56. The van der Waals surface area contributed by atoms with Crippen molar-refractivity contribution < 1.29 is 32.2 Å². The van der Waals surface area contributed by atoms with E-state index in [1.165, 1.54) is 29.1 Å². The first-order valence-corrected chi connectivity index (χ1v) is 13.2. The van der Waals surface area contributed by atoms with Gasteiger partial charge in [-0.3, -0.25) is 9.48 Å². The molecule has 3 heterocycles. The Bertz CT molecular complexity index is 1380. The molecule has 11 nitrogen and oxygen atoms in total. The van der Waals surface area contributed by atoms with E-state index in [0.717, 1.165) is 0 Å². The van der Waals surface area contributed by atoms with Crippen molar-refractivity contribution in [3.05, 3.63) is 47.8 Å². The van der Waals surface area contributed by atoms with Crippen LogP contribution in [-0.2, 0) is 11.3 Å². The SMILES string of the molecule is CC(C)(C)OC(=O)N1CCCC(n2nc(-c3cnn(Cc4ccccc4OC(F)(F)F)c3)c(C(N)=O)c2N)CCC1. The summed E-state index contributed by atoms with van der Waals surface area (Å²) in [5.41, 5.74) is 12.5. The molecule has 222 valence electrons. The number of hydrogen-bond acceptors (Lipinski definition) is 7. The van der Waals surface area contributed by atoms with Gasteiger partial charge in [-0.1, -0.05) is 18.2 Å². The zero-order valence-electron chi connectivity index (χ0n) is 23.1. The van der Waals surface area contributed by atoms with Crippen LogP contribution in [0.25, 0.3) is 11.3 Å². The highest BCUT2D eigenvalue weighted by Gasteiger charge is 2.32. The summed E-state index contributed by atoms with van der Waals surface area (Å²) in [5.74, 6) is -0.973. The molecule has 0 spiro atoms. The fraction of sp³-hybridized carbons (Fsp3) is 0.481. The summed E-state index contributed by atoms with van der Waals surface area (Å²) in [5, 5.41) is 8.89. The Balaban J connectivity index is 1.53. The highest BCUT2D eigenvalue weighted by atomic mass is 19.4. The van der Waals surface area contributed by atoms with Gasteiger partial charge in [0.05, 0.1) is 18.8 Å². The van der Waals surface area contributed by atoms with Crippen LogP contribution in [-0.4, -0.2) is 61.5 Å². The molecule has 0 atom stereocenters. The maximum absolute atomic E-state index is 12.8. The van der Waals surface area contributed by atoms with E-state index in [-0.39, 0.29) is 47.1 Å². The molecule has 41 heavy (non-hydrogen) atoms. The summed E-state index contributed by atoms with van der Waals surface area (Å²) in [6.45, 7) is 6.47. The molecule has 3 aromatic rings. The molecule has 1 fully saturated rings. The van der Waals surface area contributed by atoms with Crippen LogP contribution in [0.4, 0.5) is 23.8 Å². The summed E-state index contributed by atoms with van der Waals surface area (Å²) in [4.78, 5) is 26.6. The molecule has 4 N–H and O–H groups in total. The van der Waals surface area contributed by atoms with Gasteiger partial charge in [0, 0.05) is 30.4 Å². The molecule has 0 unspecified atom stereocenters. The number of rotatable bonds is 6. The van der Waals surface area contributed by atoms with E-state index in [4.69, 9.17) is 16.2 Å². The van der Waals surface area contributed by atoms with Crippen molar-refractivity contribution in [1.82, 2.24) is 24.5 Å². The Kier molecular flexibility index (Phi) is 8.50. The van der Waals surface area contributed by atoms with Crippen molar-refractivity contribution in [3.8, 4) is 17.0 Å². The molecule has 2 amide bonds. The largest absolute Gasteiger partial charge is 0.573 e. The molecule has 2 aromatic heterocycles. The number of para-hydroxylation sites is 1. The van der Waals surface area contributed by atoms with E-state index < -0.39 is 17.9 Å². The first-order valence-electron chi connectivity index (χ1n) is 13.2. The summed E-state index contributed by atoms with van der Waals surface area (Å²) < 4.78 is 51.1. The van der Waals surface area contributed by atoms with Crippen LogP contribution >= 0.6 is 0 Å². The second kappa shape index (κ2) is 11.7. The topological polar surface area (TPSA) is 144 Å². The predicted molar refractivity (Wildman–Crippen MR) is 144 cm³/mol. The molecule has 1 aromatic carbocycles. The lowest BCUT2D eigenvalue weighted by Gasteiger charge is -2.30. The highest BCUT2D eigenvalue weighted by Crippen LogP contribution is 2.33. The minimum absolute atomic E-state index is 0.0227. The number of halogens is 3. The van der Waals surface area contributed by atoms with Crippen molar-refractivity contribution in [2.24, 2.45) is 5.73 Å². The third kappa shape index (κ3) is 7.50. The number of alkyl halides is 3. The van der Waals surface area contributed by atoms with E-state index in [9.17, 15) is 22.8 Å². The number of primary amides is 1. The maximum atomic E-state index is 12.8. The van der Waals surface area contributed by atoms with Gasteiger partial charge in [0.15, 0.2) is 0 Å². The van der Waals surface area contributed by atoms with E-state index >= 15 is 0 Å². The summed E-state index contributed by atoms with van der Waals surface area (Å²) in [6.07, 6.45) is 0.455. The summed E-state index contributed by atoms with van der Waals surface area (Å²) in [6, 6.07) is 5.63. The number of nitrogens with two attached hydrogens (primary N) is 2. The van der Waals surface area contributed by atoms with Crippen LogP contribution in [0.1, 0.15) is 68.4 Å². The minimum Gasteiger partial charge on any atom is -0.444 e. The van der Waals surface area contributed by atoms with Gasteiger partial charge in [-0.25, -0.2) is 9.48 Å². The normalized spacial score (nSPS) is 15.3. The maximum Gasteiger partial charge on any atom is 0.573 e. The average molecular weight is 578 g/mol. The molecule has 0 aliphatic carbocycles. The number of anilines is 1. The van der Waals surface area contributed by atoms with Gasteiger partial charge in [0.1, 0.15) is 28.4 Å². The van der Waals surface area contributed by atoms with E-state index in [0.29, 0.717) is 44.3 Å². The smallest absolute Gasteiger partial charge is 0.444 e. The molecule has 1 aliphatic heterocycles. The van der Waals surface area contributed by atoms with Crippen LogP contribution in [0, 0.1) is 0 Å². The van der Waals surface area contributed by atoms with E-state index in [1.807, 2.05) is 20.8 Å². The monoisotopic (exact) mass is 577 g/mol. The molecule has 4 rings (SSSR count). The number of carbonyl (C=O) groups is 2. The zero-order valence-corrected chi connectivity index (χ0v) is 23.1. The van der Waals surface area contributed by atoms with Crippen LogP contribution < -0.4 is 16.2 Å². The van der Waals surface area contributed by atoms with Gasteiger partial charge in [-0.05, 0) is 52.5 Å². The summed E-state index contributed by atoms with van der Waals surface area (Å²) >= 11 is 0. The second-order valence-corrected chi connectivity index (χ2v) is 10.9. The number of aromatic nitrogens is 4. The number of hydrogen-bond donors (Lipinski definition) is 2.